The van der Waals surface area contributed by atoms with E-state index in [1.807, 2.05) is 31.2 Å². The van der Waals surface area contributed by atoms with Gasteiger partial charge in [-0.05, 0) is 36.6 Å². The summed E-state index contributed by atoms with van der Waals surface area (Å²) in [5, 5.41) is 3.12. The van der Waals surface area contributed by atoms with Crippen molar-refractivity contribution < 1.29 is 13.2 Å². The van der Waals surface area contributed by atoms with Gasteiger partial charge in [-0.2, -0.15) is 0 Å². The first-order valence-electron chi connectivity index (χ1n) is 8.43. The van der Waals surface area contributed by atoms with Crippen molar-refractivity contribution >= 4 is 44.8 Å². The molecule has 0 aliphatic carbocycles. The van der Waals surface area contributed by atoms with E-state index in [0.717, 1.165) is 22.5 Å². The smallest absolute Gasteiger partial charge is 0.241 e. The minimum atomic E-state index is -3.73. The fourth-order valence-electron chi connectivity index (χ4n) is 2.61. The average molecular weight is 429 g/mol. The van der Waals surface area contributed by atoms with Crippen LogP contribution in [0.25, 0.3) is 0 Å². The van der Waals surface area contributed by atoms with Crippen molar-refractivity contribution in [1.82, 2.24) is 5.32 Å². The third-order valence-electron chi connectivity index (χ3n) is 4.15. The number of nitrogens with zero attached hydrogens (tertiary/aromatic N) is 1. The maximum Gasteiger partial charge on any atom is 0.241 e. The molecule has 0 saturated carbocycles. The molecule has 27 heavy (non-hydrogen) atoms. The van der Waals surface area contributed by atoms with Crippen LogP contribution >= 0.6 is 23.2 Å². The minimum absolute atomic E-state index is 0.0839. The van der Waals surface area contributed by atoms with E-state index in [4.69, 9.17) is 23.2 Å². The molecule has 2 rings (SSSR count). The number of hydrogen-bond donors (Lipinski definition) is 1. The quantitative estimate of drug-likeness (QED) is 0.718. The number of halogens is 2. The van der Waals surface area contributed by atoms with Crippen molar-refractivity contribution in [1.29, 1.82) is 0 Å². The third-order valence-corrected chi connectivity index (χ3v) is 6.09. The molecule has 2 aromatic rings. The highest BCUT2D eigenvalue weighted by Crippen LogP contribution is 2.33. The zero-order chi connectivity index (χ0) is 20.2. The number of benzene rings is 2. The van der Waals surface area contributed by atoms with Gasteiger partial charge in [0.05, 0.1) is 28.0 Å². The molecule has 0 aromatic heterocycles. The Labute approximate surface area is 170 Å². The van der Waals surface area contributed by atoms with Crippen molar-refractivity contribution in [3.8, 4) is 0 Å². The summed E-state index contributed by atoms with van der Waals surface area (Å²) in [6.07, 6.45) is 1.95. The van der Waals surface area contributed by atoms with E-state index in [0.29, 0.717) is 0 Å². The molecule has 0 aliphatic heterocycles. The highest BCUT2D eigenvalue weighted by molar-refractivity contribution is 7.92. The van der Waals surface area contributed by atoms with E-state index in [9.17, 15) is 13.2 Å². The van der Waals surface area contributed by atoms with Crippen LogP contribution in [0.15, 0.2) is 42.5 Å². The number of anilines is 1. The normalized spacial score (nSPS) is 12.5. The number of nitrogens with one attached hydrogen (secondary N) is 1. The van der Waals surface area contributed by atoms with Crippen LogP contribution in [0, 0.1) is 0 Å². The fraction of sp³-hybridized carbons (Fsp3) is 0.316. The molecule has 1 N–H and O–H groups in total. The molecule has 0 spiro atoms. The second-order valence-corrected chi connectivity index (χ2v) is 8.92. The standard InChI is InChI=1S/C19H22Cl2N2O3S/c1-4-14-8-10-15(11-9-14)13(2)22-18(24)12-23(27(3,25)26)17-7-5-6-16(20)19(17)21/h5-11,13H,4,12H2,1-3H3,(H,22,24). The number of sulfonamides is 1. The summed E-state index contributed by atoms with van der Waals surface area (Å²) >= 11 is 12.1. The van der Waals surface area contributed by atoms with Gasteiger partial charge in [0.15, 0.2) is 0 Å². The number of carbonyl (C=O) groups excluding carboxylic acids is 1. The highest BCUT2D eigenvalue weighted by Gasteiger charge is 2.24. The lowest BCUT2D eigenvalue weighted by Crippen LogP contribution is -2.41. The van der Waals surface area contributed by atoms with Crippen LogP contribution in [0.2, 0.25) is 10.0 Å². The first-order chi connectivity index (χ1) is 12.6. The van der Waals surface area contributed by atoms with Gasteiger partial charge < -0.3 is 5.32 Å². The molecule has 0 radical (unpaired) electrons. The Morgan fingerprint density at radius 2 is 1.78 bits per heavy atom. The van der Waals surface area contributed by atoms with Crippen LogP contribution in [0.5, 0.6) is 0 Å². The molecular weight excluding hydrogens is 407 g/mol. The van der Waals surface area contributed by atoms with E-state index in [1.165, 1.54) is 11.6 Å². The Kier molecular flexibility index (Phi) is 7.14. The number of carbonyl (C=O) groups is 1. The first kappa shape index (κ1) is 21.5. The maximum atomic E-state index is 12.5. The Hall–Kier alpha value is -1.76. The number of rotatable bonds is 7. The van der Waals surface area contributed by atoms with Gasteiger partial charge in [0.2, 0.25) is 15.9 Å². The Morgan fingerprint density at radius 3 is 2.33 bits per heavy atom. The molecule has 0 heterocycles. The van der Waals surface area contributed by atoms with Gasteiger partial charge in [-0.15, -0.1) is 0 Å². The van der Waals surface area contributed by atoms with Gasteiger partial charge >= 0.3 is 0 Å². The highest BCUT2D eigenvalue weighted by atomic mass is 35.5. The van der Waals surface area contributed by atoms with Crippen LogP contribution < -0.4 is 9.62 Å². The lowest BCUT2D eigenvalue weighted by Gasteiger charge is -2.24. The van der Waals surface area contributed by atoms with E-state index in [2.05, 4.69) is 12.2 Å². The Bertz CT molecular complexity index is 915. The number of hydrogen-bond acceptors (Lipinski definition) is 3. The maximum absolute atomic E-state index is 12.5. The van der Waals surface area contributed by atoms with Crippen LogP contribution in [-0.2, 0) is 21.2 Å². The van der Waals surface area contributed by atoms with Gasteiger partial charge in [0.1, 0.15) is 6.54 Å². The predicted octanol–water partition coefficient (Wildman–Crippen LogP) is 4.20. The van der Waals surface area contributed by atoms with E-state index in [-0.39, 0.29) is 21.8 Å². The zero-order valence-electron chi connectivity index (χ0n) is 15.4. The van der Waals surface area contributed by atoms with Crippen LogP contribution in [-0.4, -0.2) is 27.1 Å². The van der Waals surface area contributed by atoms with Crippen molar-refractivity contribution in [3.05, 3.63) is 63.6 Å². The summed E-state index contributed by atoms with van der Waals surface area (Å²) in [7, 11) is -3.73. The molecule has 0 aliphatic rings. The van der Waals surface area contributed by atoms with Gasteiger partial charge in [-0.3, -0.25) is 9.10 Å². The molecule has 0 bridgehead atoms. The lowest BCUT2D eigenvalue weighted by atomic mass is 10.1. The molecule has 5 nitrogen and oxygen atoms in total. The predicted molar refractivity (Wildman–Crippen MR) is 111 cm³/mol. The van der Waals surface area contributed by atoms with Crippen LogP contribution in [0.4, 0.5) is 5.69 Å². The Morgan fingerprint density at radius 1 is 1.15 bits per heavy atom. The second kappa shape index (κ2) is 8.95. The molecule has 146 valence electrons. The minimum Gasteiger partial charge on any atom is -0.348 e. The molecular formula is C19H22Cl2N2O3S. The zero-order valence-corrected chi connectivity index (χ0v) is 17.7. The van der Waals surface area contributed by atoms with E-state index < -0.39 is 22.5 Å². The van der Waals surface area contributed by atoms with Crippen molar-refractivity contribution in [3.63, 3.8) is 0 Å². The Balaban J connectivity index is 2.17. The third kappa shape index (κ3) is 5.61. The topological polar surface area (TPSA) is 66.5 Å². The van der Waals surface area contributed by atoms with Crippen molar-refractivity contribution in [2.75, 3.05) is 17.1 Å². The monoisotopic (exact) mass is 428 g/mol. The van der Waals surface area contributed by atoms with Crippen molar-refractivity contribution in [2.24, 2.45) is 0 Å². The fourth-order valence-corrected chi connectivity index (χ4v) is 3.92. The summed E-state index contributed by atoms with van der Waals surface area (Å²) < 4.78 is 25.4. The average Bonchev–Trinajstić information content (AvgIpc) is 2.61. The summed E-state index contributed by atoms with van der Waals surface area (Å²) in [6, 6.07) is 12.3. The second-order valence-electron chi connectivity index (χ2n) is 6.23. The van der Waals surface area contributed by atoms with Gasteiger partial charge in [-0.1, -0.05) is 60.5 Å². The van der Waals surface area contributed by atoms with Gasteiger partial charge in [0, 0.05) is 0 Å². The number of aryl methyl sites for hydroxylation is 1. The van der Waals surface area contributed by atoms with Crippen LogP contribution in [0.3, 0.4) is 0 Å². The summed E-state index contributed by atoms with van der Waals surface area (Å²) in [4.78, 5) is 12.5. The van der Waals surface area contributed by atoms with Gasteiger partial charge in [0.25, 0.3) is 0 Å². The number of amides is 1. The molecule has 1 unspecified atom stereocenters. The largest absolute Gasteiger partial charge is 0.348 e. The molecule has 8 heteroatoms. The van der Waals surface area contributed by atoms with E-state index >= 15 is 0 Å². The molecule has 1 amide bonds. The molecule has 2 aromatic carbocycles. The SMILES string of the molecule is CCc1ccc(C(C)NC(=O)CN(c2cccc(Cl)c2Cl)S(C)(=O)=O)cc1. The lowest BCUT2D eigenvalue weighted by molar-refractivity contribution is -0.120. The molecule has 0 fully saturated rings. The molecule has 1 atom stereocenters. The molecule has 0 saturated heterocycles. The summed E-state index contributed by atoms with van der Waals surface area (Å²) in [5.41, 5.74) is 2.31. The van der Waals surface area contributed by atoms with Crippen molar-refractivity contribution in [2.45, 2.75) is 26.3 Å². The summed E-state index contributed by atoms with van der Waals surface area (Å²) in [5.74, 6) is -0.441. The first-order valence-corrected chi connectivity index (χ1v) is 11.0. The van der Waals surface area contributed by atoms with Gasteiger partial charge in [-0.25, -0.2) is 8.42 Å². The van der Waals surface area contributed by atoms with Crippen LogP contribution in [0.1, 0.15) is 31.0 Å². The summed E-state index contributed by atoms with van der Waals surface area (Å²) in [6.45, 7) is 3.52. The van der Waals surface area contributed by atoms with E-state index in [1.54, 1.807) is 12.1 Å².